The van der Waals surface area contributed by atoms with Gasteiger partial charge in [0.1, 0.15) is 12.1 Å². The van der Waals surface area contributed by atoms with Crippen LogP contribution in [0.5, 0.6) is 0 Å². The molecule has 0 bridgehead atoms. The van der Waals surface area contributed by atoms with Gasteiger partial charge < -0.3 is 10.2 Å². The minimum atomic E-state index is -1.49. The molecule has 1 aliphatic carbocycles. The van der Waals surface area contributed by atoms with E-state index in [4.69, 9.17) is 0 Å². The largest absolute Gasteiger partial charge is 0.334 e. The van der Waals surface area contributed by atoms with E-state index < -0.39 is 22.4 Å². The highest BCUT2D eigenvalue weighted by Crippen LogP contribution is 2.36. The number of nitrogens with one attached hydrogen (secondary N) is 1. The minimum absolute atomic E-state index is 0.0124. The lowest BCUT2D eigenvalue weighted by Crippen LogP contribution is -2.47. The first kappa shape index (κ1) is 22.4. The summed E-state index contributed by atoms with van der Waals surface area (Å²) in [5, 5.41) is 13.8. The maximum Gasteiger partial charge on any atom is 0.325 e. The lowest BCUT2D eigenvalue weighted by molar-refractivity contribution is -0.385. The lowest BCUT2D eigenvalue weighted by atomic mass is 9.91. The van der Waals surface area contributed by atoms with Crippen LogP contribution in [-0.2, 0) is 21.7 Å². The molecule has 2 atom stereocenters. The zero-order valence-electron chi connectivity index (χ0n) is 18.6. The van der Waals surface area contributed by atoms with Crippen LogP contribution in [0.15, 0.2) is 54.6 Å². The fourth-order valence-corrected chi connectivity index (χ4v) is 4.27. The number of nitro benzene ring substituents is 1. The van der Waals surface area contributed by atoms with Crippen molar-refractivity contribution in [2.45, 2.75) is 44.8 Å². The molecular weight excluding hydrogens is 424 g/mol. The maximum absolute atomic E-state index is 13.3. The number of non-ortho nitro benzene ring substituents is 1. The van der Waals surface area contributed by atoms with Crippen LogP contribution in [0.1, 0.15) is 37.8 Å². The molecule has 2 aromatic rings. The molecule has 4 rings (SSSR count). The van der Waals surface area contributed by atoms with Crippen molar-refractivity contribution >= 4 is 23.5 Å². The first-order valence-corrected chi connectivity index (χ1v) is 10.9. The van der Waals surface area contributed by atoms with Gasteiger partial charge in [-0.25, -0.2) is 4.79 Å². The monoisotopic (exact) mass is 450 g/mol. The van der Waals surface area contributed by atoms with Crippen LogP contribution in [0, 0.1) is 16.0 Å². The van der Waals surface area contributed by atoms with E-state index in [2.05, 4.69) is 5.32 Å². The van der Waals surface area contributed by atoms with Crippen LogP contribution in [0.3, 0.4) is 0 Å². The molecule has 0 spiro atoms. The number of carbonyl (C=O) groups is 3. The van der Waals surface area contributed by atoms with E-state index >= 15 is 0 Å². The van der Waals surface area contributed by atoms with Gasteiger partial charge in [0.25, 0.3) is 11.6 Å². The van der Waals surface area contributed by atoms with Gasteiger partial charge in [-0.3, -0.25) is 24.6 Å². The van der Waals surface area contributed by atoms with Gasteiger partial charge in [-0.1, -0.05) is 42.5 Å². The summed E-state index contributed by atoms with van der Waals surface area (Å²) >= 11 is 0. The van der Waals surface area contributed by atoms with Gasteiger partial charge in [-0.2, -0.15) is 0 Å². The Balaban J connectivity index is 1.55. The molecule has 1 aliphatic heterocycles. The smallest absolute Gasteiger partial charge is 0.325 e. The Morgan fingerprint density at radius 2 is 1.91 bits per heavy atom. The standard InChI is InChI=1S/C24H26N4O5/c1-16(18-11-12-18)26(14-17-7-4-3-5-8-17)21(29)15-27-22(30)24(2,25-23(27)31)19-9-6-10-20(13-19)28(32)33/h3-10,13,16,18H,11-12,14-15H2,1-2H3,(H,25,31). The van der Waals surface area contributed by atoms with Gasteiger partial charge in [0.15, 0.2) is 0 Å². The molecule has 172 valence electrons. The second kappa shape index (κ2) is 8.65. The van der Waals surface area contributed by atoms with Crippen molar-refractivity contribution in [2.24, 2.45) is 5.92 Å². The molecule has 2 aliphatic rings. The highest BCUT2D eigenvalue weighted by Gasteiger charge is 2.50. The summed E-state index contributed by atoms with van der Waals surface area (Å²) in [5.74, 6) is -0.513. The second-order valence-electron chi connectivity index (χ2n) is 8.84. The van der Waals surface area contributed by atoms with Crippen molar-refractivity contribution in [1.29, 1.82) is 0 Å². The molecular formula is C24H26N4O5. The van der Waals surface area contributed by atoms with Crippen LogP contribution >= 0.6 is 0 Å². The number of urea groups is 1. The number of carbonyl (C=O) groups excluding carboxylic acids is 3. The maximum atomic E-state index is 13.3. The van der Waals surface area contributed by atoms with E-state index in [1.807, 2.05) is 37.3 Å². The Labute approximate surface area is 191 Å². The molecule has 0 aromatic heterocycles. The summed E-state index contributed by atoms with van der Waals surface area (Å²) in [6.45, 7) is 3.49. The number of hydrogen-bond acceptors (Lipinski definition) is 5. The quantitative estimate of drug-likeness (QED) is 0.377. The third-order valence-electron chi connectivity index (χ3n) is 6.51. The molecule has 1 heterocycles. The van der Waals surface area contributed by atoms with Gasteiger partial charge in [0, 0.05) is 24.7 Å². The average molecular weight is 450 g/mol. The van der Waals surface area contributed by atoms with E-state index in [-0.39, 0.29) is 29.7 Å². The zero-order valence-corrected chi connectivity index (χ0v) is 18.6. The number of benzene rings is 2. The van der Waals surface area contributed by atoms with Gasteiger partial charge in [0.2, 0.25) is 5.91 Å². The van der Waals surface area contributed by atoms with Gasteiger partial charge >= 0.3 is 6.03 Å². The van der Waals surface area contributed by atoms with Crippen LogP contribution in [0.25, 0.3) is 0 Å². The minimum Gasteiger partial charge on any atom is -0.334 e. The average Bonchev–Trinajstić information content (AvgIpc) is 3.63. The van der Waals surface area contributed by atoms with Crippen molar-refractivity contribution in [3.05, 3.63) is 75.8 Å². The molecule has 1 saturated carbocycles. The van der Waals surface area contributed by atoms with Crippen LogP contribution in [0.4, 0.5) is 10.5 Å². The van der Waals surface area contributed by atoms with Crippen molar-refractivity contribution in [3.63, 3.8) is 0 Å². The number of nitrogens with zero attached hydrogens (tertiary/aromatic N) is 3. The normalized spacial score (nSPS) is 21.0. The molecule has 1 N–H and O–H groups in total. The third-order valence-corrected chi connectivity index (χ3v) is 6.51. The van der Waals surface area contributed by atoms with E-state index in [1.165, 1.54) is 25.1 Å². The summed E-state index contributed by atoms with van der Waals surface area (Å²) in [7, 11) is 0. The van der Waals surface area contributed by atoms with Crippen molar-refractivity contribution in [2.75, 3.05) is 6.54 Å². The number of imide groups is 1. The Bertz CT molecular complexity index is 1100. The molecule has 2 unspecified atom stereocenters. The van der Waals surface area contributed by atoms with E-state index in [9.17, 15) is 24.5 Å². The summed E-state index contributed by atoms with van der Waals surface area (Å²) in [6, 6.07) is 14.5. The van der Waals surface area contributed by atoms with Crippen molar-refractivity contribution in [1.82, 2.24) is 15.1 Å². The van der Waals surface area contributed by atoms with Gasteiger partial charge in [-0.05, 0) is 43.7 Å². The number of hydrogen-bond donors (Lipinski definition) is 1. The van der Waals surface area contributed by atoms with Crippen LogP contribution < -0.4 is 5.32 Å². The molecule has 4 amide bonds. The van der Waals surface area contributed by atoms with E-state index in [1.54, 1.807) is 11.0 Å². The third kappa shape index (κ3) is 4.44. The molecule has 9 nitrogen and oxygen atoms in total. The summed E-state index contributed by atoms with van der Waals surface area (Å²) in [5.41, 5.74) is -0.414. The topological polar surface area (TPSA) is 113 Å². The van der Waals surface area contributed by atoms with Gasteiger partial charge in [0.05, 0.1) is 4.92 Å². The molecule has 1 saturated heterocycles. The van der Waals surface area contributed by atoms with Crippen molar-refractivity contribution < 1.29 is 19.3 Å². The van der Waals surface area contributed by atoms with E-state index in [0.29, 0.717) is 12.5 Å². The summed E-state index contributed by atoms with van der Waals surface area (Å²) in [4.78, 5) is 52.5. The predicted octanol–water partition coefficient (Wildman–Crippen LogP) is 3.19. The molecule has 2 fully saturated rings. The fourth-order valence-electron chi connectivity index (χ4n) is 4.27. The number of rotatable bonds is 8. The first-order chi connectivity index (χ1) is 15.7. The number of nitro groups is 1. The molecule has 0 radical (unpaired) electrons. The highest BCUT2D eigenvalue weighted by molar-refractivity contribution is 6.09. The predicted molar refractivity (Wildman–Crippen MR) is 120 cm³/mol. The molecule has 9 heteroatoms. The Kier molecular flexibility index (Phi) is 5.88. The Hall–Kier alpha value is -3.75. The van der Waals surface area contributed by atoms with Crippen LogP contribution in [-0.4, -0.2) is 45.2 Å². The summed E-state index contributed by atoms with van der Waals surface area (Å²) in [6.07, 6.45) is 2.10. The first-order valence-electron chi connectivity index (χ1n) is 10.9. The van der Waals surface area contributed by atoms with Crippen molar-refractivity contribution in [3.8, 4) is 0 Å². The lowest BCUT2D eigenvalue weighted by Gasteiger charge is -2.31. The van der Waals surface area contributed by atoms with Gasteiger partial charge in [-0.15, -0.1) is 0 Å². The Morgan fingerprint density at radius 1 is 1.21 bits per heavy atom. The zero-order chi connectivity index (χ0) is 23.8. The highest BCUT2D eigenvalue weighted by atomic mass is 16.6. The molecule has 2 aromatic carbocycles. The molecule has 33 heavy (non-hydrogen) atoms. The fraction of sp³-hybridized carbons (Fsp3) is 0.375. The second-order valence-corrected chi connectivity index (χ2v) is 8.84. The SMILES string of the molecule is CC(C1CC1)N(Cc1ccccc1)C(=O)CN1C(=O)NC(C)(c2cccc([N+](=O)[O-])c2)C1=O. The Morgan fingerprint density at radius 3 is 2.55 bits per heavy atom. The van der Waals surface area contributed by atoms with Crippen LogP contribution in [0.2, 0.25) is 0 Å². The summed E-state index contributed by atoms with van der Waals surface area (Å²) < 4.78 is 0. The van der Waals surface area contributed by atoms with E-state index in [0.717, 1.165) is 23.3 Å². The number of amides is 4.